The summed E-state index contributed by atoms with van der Waals surface area (Å²) in [7, 11) is -1.76. The average Bonchev–Trinajstić information content (AvgIpc) is 2.47. The first-order valence-corrected chi connectivity index (χ1v) is 7.72. The van der Waals surface area contributed by atoms with Gasteiger partial charge in [0.15, 0.2) is 0 Å². The molecule has 8 heteroatoms. The van der Waals surface area contributed by atoms with E-state index in [4.69, 9.17) is 4.74 Å². The Morgan fingerprint density at radius 3 is 2.42 bits per heavy atom. The molecule has 19 heavy (non-hydrogen) atoms. The molecule has 0 aromatic heterocycles. The van der Waals surface area contributed by atoms with Gasteiger partial charge in [0.2, 0.25) is 0 Å². The molecule has 2 fully saturated rings. The van der Waals surface area contributed by atoms with Gasteiger partial charge in [0.25, 0.3) is 10.2 Å². The highest BCUT2D eigenvalue weighted by Crippen LogP contribution is 2.25. The van der Waals surface area contributed by atoms with Gasteiger partial charge in [-0.15, -0.1) is 0 Å². The molecule has 1 amide bonds. The zero-order valence-corrected chi connectivity index (χ0v) is 12.6. The van der Waals surface area contributed by atoms with Crippen LogP contribution in [0.25, 0.3) is 0 Å². The van der Waals surface area contributed by atoms with Gasteiger partial charge in [-0.1, -0.05) is 0 Å². The number of hydrogen-bond donors (Lipinski definition) is 0. The van der Waals surface area contributed by atoms with E-state index in [2.05, 4.69) is 0 Å². The number of amides is 1. The van der Waals surface area contributed by atoms with E-state index in [1.54, 1.807) is 11.9 Å². The van der Waals surface area contributed by atoms with Crippen LogP contribution in [0.5, 0.6) is 0 Å². The summed E-state index contributed by atoms with van der Waals surface area (Å²) in [6, 6.07) is -0.170. The molecule has 2 saturated heterocycles. The molecular weight excluding hydrogens is 270 g/mol. The van der Waals surface area contributed by atoms with Gasteiger partial charge >= 0.3 is 6.09 Å². The second kappa shape index (κ2) is 4.60. The Morgan fingerprint density at radius 2 is 1.84 bits per heavy atom. The van der Waals surface area contributed by atoms with Crippen molar-refractivity contribution in [3.05, 3.63) is 0 Å². The molecule has 0 N–H and O–H groups in total. The van der Waals surface area contributed by atoms with Gasteiger partial charge < -0.3 is 9.64 Å². The SMILES string of the molecule is CN1CC2CN(C(=O)OC(C)(C)C)CCN2S1(=O)=O. The Bertz CT molecular complexity index is 471. The van der Waals surface area contributed by atoms with E-state index in [9.17, 15) is 13.2 Å². The second-order valence-electron chi connectivity index (χ2n) is 5.98. The highest BCUT2D eigenvalue weighted by atomic mass is 32.2. The van der Waals surface area contributed by atoms with Gasteiger partial charge in [-0.2, -0.15) is 17.0 Å². The molecule has 2 aliphatic heterocycles. The summed E-state index contributed by atoms with van der Waals surface area (Å²) in [6.07, 6.45) is -0.376. The van der Waals surface area contributed by atoms with E-state index in [0.717, 1.165) is 0 Å². The number of fused-ring (bicyclic) bond motifs is 1. The first-order chi connectivity index (χ1) is 8.61. The molecule has 2 rings (SSSR count). The minimum absolute atomic E-state index is 0.170. The summed E-state index contributed by atoms with van der Waals surface area (Å²) in [4.78, 5) is 13.6. The first kappa shape index (κ1) is 14.5. The van der Waals surface area contributed by atoms with Crippen molar-refractivity contribution in [1.29, 1.82) is 0 Å². The Labute approximate surface area is 114 Å². The molecular formula is C11H21N3O4S. The summed E-state index contributed by atoms with van der Waals surface area (Å²) >= 11 is 0. The van der Waals surface area contributed by atoms with Gasteiger partial charge in [-0.3, -0.25) is 0 Å². The second-order valence-corrected chi connectivity index (χ2v) is 7.97. The summed E-state index contributed by atoms with van der Waals surface area (Å²) in [6.45, 7) is 6.95. The number of nitrogens with zero attached hydrogens (tertiary/aromatic N) is 3. The predicted molar refractivity (Wildman–Crippen MR) is 69.9 cm³/mol. The van der Waals surface area contributed by atoms with Crippen LogP contribution in [0.15, 0.2) is 0 Å². The van der Waals surface area contributed by atoms with Crippen molar-refractivity contribution in [2.45, 2.75) is 32.4 Å². The van der Waals surface area contributed by atoms with Gasteiger partial charge in [-0.25, -0.2) is 4.79 Å². The van der Waals surface area contributed by atoms with Crippen LogP contribution < -0.4 is 0 Å². The van der Waals surface area contributed by atoms with Gasteiger partial charge in [0.1, 0.15) is 5.60 Å². The lowest BCUT2D eigenvalue weighted by Crippen LogP contribution is -2.54. The van der Waals surface area contributed by atoms with Crippen LogP contribution in [0, 0.1) is 0 Å². The average molecular weight is 291 g/mol. The minimum atomic E-state index is -3.32. The van der Waals surface area contributed by atoms with E-state index in [0.29, 0.717) is 26.2 Å². The highest BCUT2D eigenvalue weighted by Gasteiger charge is 2.45. The Balaban J connectivity index is 2.03. The summed E-state index contributed by atoms with van der Waals surface area (Å²) in [5, 5.41) is 0. The van der Waals surface area contributed by atoms with E-state index >= 15 is 0 Å². The van der Waals surface area contributed by atoms with Crippen LogP contribution in [0.1, 0.15) is 20.8 Å². The predicted octanol–water partition coefficient (Wildman–Crippen LogP) is 0.0979. The number of ether oxygens (including phenoxy) is 1. The molecule has 0 aliphatic carbocycles. The van der Waals surface area contributed by atoms with Crippen molar-refractivity contribution in [2.75, 3.05) is 33.2 Å². The number of carbonyl (C=O) groups is 1. The fourth-order valence-corrected chi connectivity index (χ4v) is 3.89. The Hall–Kier alpha value is -0.860. The lowest BCUT2D eigenvalue weighted by molar-refractivity contribution is 0.0146. The van der Waals surface area contributed by atoms with E-state index in [1.807, 2.05) is 20.8 Å². The standard InChI is InChI=1S/C11H21N3O4S/c1-11(2,3)18-10(15)13-5-6-14-9(8-13)7-12(4)19(14,16)17/h9H,5-8H2,1-4H3. The van der Waals surface area contributed by atoms with Crippen molar-refractivity contribution in [1.82, 2.24) is 13.5 Å². The summed E-state index contributed by atoms with van der Waals surface area (Å²) in [5.74, 6) is 0. The number of likely N-dealkylation sites (N-methyl/N-ethyl adjacent to an activating group) is 1. The molecule has 1 unspecified atom stereocenters. The van der Waals surface area contributed by atoms with Gasteiger partial charge in [0.05, 0.1) is 6.04 Å². The maximum atomic E-state index is 12.0. The number of carbonyl (C=O) groups excluding carboxylic acids is 1. The third kappa shape index (κ3) is 2.85. The molecule has 2 aliphatic rings. The normalized spacial score (nSPS) is 28.2. The molecule has 2 heterocycles. The number of piperazine rings is 1. The molecule has 7 nitrogen and oxygen atoms in total. The molecule has 0 aromatic rings. The maximum absolute atomic E-state index is 12.0. The Morgan fingerprint density at radius 1 is 1.21 bits per heavy atom. The first-order valence-electron chi connectivity index (χ1n) is 6.32. The zero-order valence-electron chi connectivity index (χ0n) is 11.8. The van der Waals surface area contributed by atoms with Crippen molar-refractivity contribution >= 4 is 16.3 Å². The van der Waals surface area contributed by atoms with Crippen molar-refractivity contribution in [2.24, 2.45) is 0 Å². The van der Waals surface area contributed by atoms with E-state index < -0.39 is 15.8 Å². The van der Waals surface area contributed by atoms with Crippen LogP contribution in [-0.4, -0.2) is 72.9 Å². The third-order valence-electron chi connectivity index (χ3n) is 3.24. The quantitative estimate of drug-likeness (QED) is 0.634. The maximum Gasteiger partial charge on any atom is 0.410 e. The molecule has 0 saturated carbocycles. The lowest BCUT2D eigenvalue weighted by Gasteiger charge is -2.36. The van der Waals surface area contributed by atoms with Crippen LogP contribution in [-0.2, 0) is 14.9 Å². The molecule has 0 bridgehead atoms. The van der Waals surface area contributed by atoms with Crippen LogP contribution >= 0.6 is 0 Å². The fraction of sp³-hybridized carbons (Fsp3) is 0.909. The molecule has 0 spiro atoms. The van der Waals surface area contributed by atoms with Gasteiger partial charge in [0, 0.05) is 33.2 Å². The van der Waals surface area contributed by atoms with Crippen molar-refractivity contribution in [3.63, 3.8) is 0 Å². The van der Waals surface area contributed by atoms with Crippen LogP contribution in [0.4, 0.5) is 4.79 Å². The zero-order chi connectivity index (χ0) is 14.4. The molecule has 0 aromatic carbocycles. The monoisotopic (exact) mass is 291 g/mol. The molecule has 1 atom stereocenters. The lowest BCUT2D eigenvalue weighted by atomic mass is 10.2. The fourth-order valence-electron chi connectivity index (χ4n) is 2.35. The minimum Gasteiger partial charge on any atom is -0.444 e. The Kier molecular flexibility index (Phi) is 3.53. The number of rotatable bonds is 0. The highest BCUT2D eigenvalue weighted by molar-refractivity contribution is 7.87. The number of hydrogen-bond acceptors (Lipinski definition) is 4. The third-order valence-corrected chi connectivity index (χ3v) is 5.25. The van der Waals surface area contributed by atoms with Crippen LogP contribution in [0.3, 0.4) is 0 Å². The molecule has 110 valence electrons. The van der Waals surface area contributed by atoms with Gasteiger partial charge in [-0.05, 0) is 20.8 Å². The smallest absolute Gasteiger partial charge is 0.410 e. The summed E-state index contributed by atoms with van der Waals surface area (Å²) in [5.41, 5.74) is -0.535. The van der Waals surface area contributed by atoms with Crippen molar-refractivity contribution < 1.29 is 17.9 Å². The van der Waals surface area contributed by atoms with Crippen molar-refractivity contribution in [3.8, 4) is 0 Å². The van der Waals surface area contributed by atoms with E-state index in [1.165, 1.54) is 8.61 Å². The topological polar surface area (TPSA) is 70.2 Å². The van der Waals surface area contributed by atoms with E-state index in [-0.39, 0.29) is 12.1 Å². The largest absolute Gasteiger partial charge is 0.444 e. The molecule has 0 radical (unpaired) electrons. The summed E-state index contributed by atoms with van der Waals surface area (Å²) < 4.78 is 32.0. The van der Waals surface area contributed by atoms with Crippen LogP contribution in [0.2, 0.25) is 0 Å².